The number of rotatable bonds is 3. The van der Waals surface area contributed by atoms with Gasteiger partial charge in [-0.2, -0.15) is 0 Å². The zero-order valence-corrected chi connectivity index (χ0v) is 9.10. The molecule has 0 aliphatic heterocycles. The Hall–Kier alpha value is -0.670. The molecule has 0 saturated carbocycles. The van der Waals surface area contributed by atoms with Gasteiger partial charge in [0.25, 0.3) is 0 Å². The molecule has 13 heavy (non-hydrogen) atoms. The minimum Gasteiger partial charge on any atom is -0.330 e. The molecule has 70 valence electrons. The number of carbonyl (C=O) groups excluding carboxylic acids is 1. The van der Waals surface area contributed by atoms with E-state index in [1.54, 1.807) is 0 Å². The summed E-state index contributed by atoms with van der Waals surface area (Å²) < 4.78 is 0.938. The third kappa shape index (κ3) is 2.94. The Morgan fingerprint density at radius 1 is 1.46 bits per heavy atom. The minimum atomic E-state index is 0.104. The average molecular weight is 242 g/mol. The van der Waals surface area contributed by atoms with Crippen LogP contribution in [0, 0.1) is 6.92 Å². The van der Waals surface area contributed by atoms with Crippen LogP contribution in [-0.2, 0) is 0 Å². The summed E-state index contributed by atoms with van der Waals surface area (Å²) in [5.74, 6) is 0.104. The summed E-state index contributed by atoms with van der Waals surface area (Å²) in [6.45, 7) is 2.37. The van der Waals surface area contributed by atoms with Crippen LogP contribution in [0.3, 0.4) is 0 Å². The fourth-order valence-electron chi connectivity index (χ4n) is 1.17. The lowest BCUT2D eigenvalue weighted by Gasteiger charge is -2.01. The van der Waals surface area contributed by atoms with E-state index >= 15 is 0 Å². The van der Waals surface area contributed by atoms with Gasteiger partial charge >= 0.3 is 0 Å². The van der Waals surface area contributed by atoms with Gasteiger partial charge in [-0.05, 0) is 37.2 Å². The topological polar surface area (TPSA) is 43.1 Å². The van der Waals surface area contributed by atoms with Crippen molar-refractivity contribution in [3.63, 3.8) is 0 Å². The van der Waals surface area contributed by atoms with Crippen molar-refractivity contribution < 1.29 is 4.79 Å². The van der Waals surface area contributed by atoms with Gasteiger partial charge in [0.2, 0.25) is 0 Å². The summed E-state index contributed by atoms with van der Waals surface area (Å²) >= 11 is 3.35. The maximum Gasteiger partial charge on any atom is 0.164 e. The quantitative estimate of drug-likeness (QED) is 0.826. The van der Waals surface area contributed by atoms with Crippen molar-refractivity contribution in [1.82, 2.24) is 0 Å². The Kier molecular flexibility index (Phi) is 3.63. The Balaban J connectivity index is 2.94. The summed E-state index contributed by atoms with van der Waals surface area (Å²) in [6.07, 6.45) is 0.413. The molecule has 0 radical (unpaired) electrons. The standard InChI is InChI=1S/C10H12BrNO/c1-7-4-8(6-9(11)5-7)10(13)2-3-12/h4-6H,2-3,12H2,1H3. The number of hydrogen-bond donors (Lipinski definition) is 1. The van der Waals surface area contributed by atoms with Crippen LogP contribution in [0.15, 0.2) is 22.7 Å². The van der Waals surface area contributed by atoms with Gasteiger partial charge in [-0.3, -0.25) is 4.79 Å². The lowest BCUT2D eigenvalue weighted by molar-refractivity contribution is 0.0985. The van der Waals surface area contributed by atoms with Crippen LogP contribution in [-0.4, -0.2) is 12.3 Å². The predicted octanol–water partition coefficient (Wildman–Crippen LogP) is 2.29. The predicted molar refractivity (Wildman–Crippen MR) is 56.9 cm³/mol. The van der Waals surface area contributed by atoms with E-state index in [-0.39, 0.29) is 5.78 Å². The maximum absolute atomic E-state index is 11.4. The summed E-state index contributed by atoms with van der Waals surface area (Å²) in [6, 6.07) is 5.67. The summed E-state index contributed by atoms with van der Waals surface area (Å²) in [5.41, 5.74) is 7.12. The van der Waals surface area contributed by atoms with Crippen LogP contribution < -0.4 is 5.73 Å². The normalized spacial score (nSPS) is 10.1. The van der Waals surface area contributed by atoms with Gasteiger partial charge in [0, 0.05) is 16.5 Å². The first-order chi connectivity index (χ1) is 6.13. The molecule has 3 heteroatoms. The highest BCUT2D eigenvalue weighted by Gasteiger charge is 2.05. The molecule has 0 bridgehead atoms. The molecular weight excluding hydrogens is 230 g/mol. The summed E-state index contributed by atoms with van der Waals surface area (Å²) in [7, 11) is 0. The zero-order valence-electron chi connectivity index (χ0n) is 7.51. The monoisotopic (exact) mass is 241 g/mol. The molecule has 1 rings (SSSR count). The van der Waals surface area contributed by atoms with E-state index in [1.165, 1.54) is 0 Å². The number of Topliss-reactive ketones (excluding diaryl/α,β-unsaturated/α-hetero) is 1. The minimum absolute atomic E-state index is 0.104. The molecule has 0 unspecified atom stereocenters. The maximum atomic E-state index is 11.4. The highest BCUT2D eigenvalue weighted by molar-refractivity contribution is 9.10. The van der Waals surface area contributed by atoms with Crippen molar-refractivity contribution in [3.05, 3.63) is 33.8 Å². The second kappa shape index (κ2) is 4.53. The van der Waals surface area contributed by atoms with Gasteiger partial charge in [-0.15, -0.1) is 0 Å². The molecule has 0 fully saturated rings. The molecule has 0 aliphatic rings. The van der Waals surface area contributed by atoms with Gasteiger partial charge in [-0.25, -0.2) is 0 Å². The Labute approximate surface area is 86.3 Å². The number of hydrogen-bond acceptors (Lipinski definition) is 2. The largest absolute Gasteiger partial charge is 0.330 e. The molecule has 0 saturated heterocycles. The zero-order chi connectivity index (χ0) is 9.84. The number of aryl methyl sites for hydroxylation is 1. The molecular formula is C10H12BrNO. The van der Waals surface area contributed by atoms with Crippen molar-refractivity contribution in [2.75, 3.05) is 6.54 Å². The number of halogens is 1. The van der Waals surface area contributed by atoms with Crippen molar-refractivity contribution in [3.8, 4) is 0 Å². The van der Waals surface area contributed by atoms with Crippen molar-refractivity contribution in [2.45, 2.75) is 13.3 Å². The Morgan fingerprint density at radius 3 is 2.69 bits per heavy atom. The van der Waals surface area contributed by atoms with Crippen LogP contribution in [0.25, 0.3) is 0 Å². The van der Waals surface area contributed by atoms with Gasteiger partial charge < -0.3 is 5.73 Å². The molecule has 2 N–H and O–H groups in total. The number of carbonyl (C=O) groups is 1. The van der Waals surface area contributed by atoms with E-state index in [9.17, 15) is 4.79 Å². The number of benzene rings is 1. The van der Waals surface area contributed by atoms with E-state index in [1.807, 2.05) is 25.1 Å². The molecule has 0 atom stereocenters. The molecule has 0 aromatic heterocycles. The van der Waals surface area contributed by atoms with Crippen molar-refractivity contribution >= 4 is 21.7 Å². The van der Waals surface area contributed by atoms with Gasteiger partial charge in [0.05, 0.1) is 0 Å². The Morgan fingerprint density at radius 2 is 2.15 bits per heavy atom. The third-order valence-corrected chi connectivity index (χ3v) is 2.19. The first-order valence-electron chi connectivity index (χ1n) is 4.14. The fraction of sp³-hybridized carbons (Fsp3) is 0.300. The van der Waals surface area contributed by atoms with Crippen LogP contribution in [0.1, 0.15) is 22.3 Å². The van der Waals surface area contributed by atoms with E-state index in [0.717, 1.165) is 15.6 Å². The van der Waals surface area contributed by atoms with Gasteiger partial charge in [0.15, 0.2) is 5.78 Å². The fourth-order valence-corrected chi connectivity index (χ4v) is 1.78. The highest BCUT2D eigenvalue weighted by atomic mass is 79.9. The molecule has 0 amide bonds. The van der Waals surface area contributed by atoms with Gasteiger partial charge in [-0.1, -0.05) is 15.9 Å². The number of ketones is 1. The van der Waals surface area contributed by atoms with Crippen LogP contribution in [0.4, 0.5) is 0 Å². The SMILES string of the molecule is Cc1cc(Br)cc(C(=O)CCN)c1. The van der Waals surface area contributed by atoms with Crippen molar-refractivity contribution in [2.24, 2.45) is 5.73 Å². The van der Waals surface area contributed by atoms with Crippen LogP contribution in [0.5, 0.6) is 0 Å². The first-order valence-corrected chi connectivity index (χ1v) is 4.93. The van der Waals surface area contributed by atoms with E-state index < -0.39 is 0 Å². The lowest BCUT2D eigenvalue weighted by atomic mass is 10.1. The first kappa shape index (κ1) is 10.4. The van der Waals surface area contributed by atoms with Crippen molar-refractivity contribution in [1.29, 1.82) is 0 Å². The molecule has 1 aromatic carbocycles. The summed E-state index contributed by atoms with van der Waals surface area (Å²) in [4.78, 5) is 11.4. The molecule has 0 heterocycles. The molecule has 2 nitrogen and oxygen atoms in total. The van der Waals surface area contributed by atoms with E-state index in [0.29, 0.717) is 13.0 Å². The third-order valence-electron chi connectivity index (χ3n) is 1.74. The molecule has 1 aromatic rings. The average Bonchev–Trinajstić information content (AvgIpc) is 2.03. The lowest BCUT2D eigenvalue weighted by Crippen LogP contribution is -2.08. The Bertz CT molecular complexity index is 302. The van der Waals surface area contributed by atoms with E-state index in [2.05, 4.69) is 15.9 Å². The van der Waals surface area contributed by atoms with Gasteiger partial charge in [0.1, 0.15) is 0 Å². The second-order valence-electron chi connectivity index (χ2n) is 2.98. The highest BCUT2D eigenvalue weighted by Crippen LogP contribution is 2.16. The molecule has 0 spiro atoms. The van der Waals surface area contributed by atoms with Crippen LogP contribution >= 0.6 is 15.9 Å². The number of nitrogens with two attached hydrogens (primary N) is 1. The second-order valence-corrected chi connectivity index (χ2v) is 3.89. The van der Waals surface area contributed by atoms with E-state index in [4.69, 9.17) is 5.73 Å². The smallest absolute Gasteiger partial charge is 0.164 e. The molecule has 0 aliphatic carbocycles. The van der Waals surface area contributed by atoms with Crippen LogP contribution in [0.2, 0.25) is 0 Å². The summed E-state index contributed by atoms with van der Waals surface area (Å²) in [5, 5.41) is 0.